The largest absolute Gasteiger partial charge is 0.508 e. The molecule has 3 aromatic rings. The lowest BCUT2D eigenvalue weighted by atomic mass is 9.91. The Morgan fingerprint density at radius 1 is 0.800 bits per heavy atom. The third-order valence-corrected chi connectivity index (χ3v) is 4.87. The third-order valence-electron chi connectivity index (χ3n) is 4.24. The molecular formula is C22H19NOS. The second-order valence-corrected chi connectivity index (χ2v) is 6.75. The molecule has 3 rings (SSSR count). The van der Waals surface area contributed by atoms with Gasteiger partial charge in [-0.25, -0.2) is 0 Å². The van der Waals surface area contributed by atoms with Gasteiger partial charge in [0.1, 0.15) is 11.2 Å². The van der Waals surface area contributed by atoms with E-state index in [4.69, 9.17) is 5.26 Å². The predicted molar refractivity (Wildman–Crippen MR) is 104 cm³/mol. The average molecular weight is 345 g/mol. The molecule has 0 bridgehead atoms. The Labute approximate surface area is 152 Å². The molecule has 0 aliphatic heterocycles. The number of thiocyanates is 1. The molecule has 0 amide bonds. The fraction of sp³-hybridized carbons (Fsp3) is 0.136. The molecule has 0 saturated carbocycles. The third kappa shape index (κ3) is 4.65. The summed E-state index contributed by atoms with van der Waals surface area (Å²) in [6.45, 7) is 0. The maximum Gasteiger partial charge on any atom is 0.133 e. The first-order chi connectivity index (χ1) is 12.3. The summed E-state index contributed by atoms with van der Waals surface area (Å²) in [5, 5.41) is 20.6. The van der Waals surface area contributed by atoms with Crippen LogP contribution in [-0.2, 0) is 6.42 Å². The zero-order valence-electron chi connectivity index (χ0n) is 13.8. The Bertz CT molecular complexity index is 836. The Kier molecular flexibility index (Phi) is 5.77. The molecule has 2 nitrogen and oxygen atoms in total. The monoisotopic (exact) mass is 345 g/mol. The molecular weight excluding hydrogens is 326 g/mol. The van der Waals surface area contributed by atoms with Crippen LogP contribution in [0.15, 0.2) is 78.9 Å². The molecule has 25 heavy (non-hydrogen) atoms. The number of hydrogen-bond donors (Lipinski definition) is 1. The van der Waals surface area contributed by atoms with Crippen LogP contribution in [-0.4, -0.2) is 10.9 Å². The highest BCUT2D eigenvalue weighted by atomic mass is 32.2. The van der Waals surface area contributed by atoms with E-state index in [0.29, 0.717) is 5.75 Å². The Hall–Kier alpha value is -2.70. The molecule has 124 valence electrons. The molecule has 1 atom stereocenters. The smallest absolute Gasteiger partial charge is 0.133 e. The van der Waals surface area contributed by atoms with Crippen LogP contribution in [0.25, 0.3) is 0 Å². The zero-order valence-corrected chi connectivity index (χ0v) is 14.6. The van der Waals surface area contributed by atoms with E-state index in [-0.39, 0.29) is 11.7 Å². The van der Waals surface area contributed by atoms with Crippen molar-refractivity contribution in [1.82, 2.24) is 0 Å². The first-order valence-electron chi connectivity index (χ1n) is 8.19. The van der Waals surface area contributed by atoms with Crippen molar-refractivity contribution in [3.63, 3.8) is 0 Å². The van der Waals surface area contributed by atoms with E-state index in [9.17, 15) is 5.11 Å². The lowest BCUT2D eigenvalue weighted by molar-refractivity contribution is 0.475. The SMILES string of the molecule is N#CSC[C@H](c1ccc(O)cc1)c1ccc(Cc2ccccc2)cc1. The van der Waals surface area contributed by atoms with Gasteiger partial charge in [-0.1, -0.05) is 66.7 Å². The van der Waals surface area contributed by atoms with E-state index >= 15 is 0 Å². The molecule has 0 aliphatic carbocycles. The van der Waals surface area contributed by atoms with Gasteiger partial charge in [-0.2, -0.15) is 5.26 Å². The number of aromatic hydroxyl groups is 1. The van der Waals surface area contributed by atoms with Crippen molar-refractivity contribution >= 4 is 11.8 Å². The highest BCUT2D eigenvalue weighted by Gasteiger charge is 2.14. The normalized spacial score (nSPS) is 11.6. The van der Waals surface area contributed by atoms with Crippen molar-refractivity contribution < 1.29 is 5.11 Å². The van der Waals surface area contributed by atoms with Crippen LogP contribution >= 0.6 is 11.8 Å². The summed E-state index contributed by atoms with van der Waals surface area (Å²) in [6, 6.07) is 26.3. The number of benzene rings is 3. The predicted octanol–water partition coefficient (Wildman–Crippen LogP) is 5.33. The van der Waals surface area contributed by atoms with Crippen LogP contribution in [0, 0.1) is 10.7 Å². The van der Waals surface area contributed by atoms with Crippen molar-refractivity contribution in [3.05, 3.63) is 101 Å². The minimum absolute atomic E-state index is 0.135. The molecule has 0 heterocycles. The second-order valence-electron chi connectivity index (χ2n) is 5.95. The number of rotatable bonds is 6. The topological polar surface area (TPSA) is 44.0 Å². The van der Waals surface area contributed by atoms with E-state index in [1.54, 1.807) is 12.1 Å². The van der Waals surface area contributed by atoms with Gasteiger partial charge in [-0.15, -0.1) is 0 Å². The van der Waals surface area contributed by atoms with Crippen LogP contribution in [0.1, 0.15) is 28.2 Å². The lowest BCUT2D eigenvalue weighted by Gasteiger charge is -2.17. The zero-order chi connectivity index (χ0) is 17.5. The van der Waals surface area contributed by atoms with Crippen LogP contribution in [0.2, 0.25) is 0 Å². The first-order valence-corrected chi connectivity index (χ1v) is 9.17. The number of nitrogens with zero attached hydrogens (tertiary/aromatic N) is 1. The highest BCUT2D eigenvalue weighted by Crippen LogP contribution is 2.29. The maximum absolute atomic E-state index is 9.50. The maximum atomic E-state index is 9.50. The molecule has 0 aliphatic rings. The quantitative estimate of drug-likeness (QED) is 0.614. The molecule has 3 aromatic carbocycles. The van der Waals surface area contributed by atoms with Gasteiger partial charge < -0.3 is 5.11 Å². The van der Waals surface area contributed by atoms with Crippen LogP contribution in [0.3, 0.4) is 0 Å². The van der Waals surface area contributed by atoms with Gasteiger partial charge in [0.25, 0.3) is 0 Å². The summed E-state index contributed by atoms with van der Waals surface area (Å²) in [7, 11) is 0. The van der Waals surface area contributed by atoms with Gasteiger partial charge in [0.15, 0.2) is 0 Å². The molecule has 1 N–H and O–H groups in total. The van der Waals surface area contributed by atoms with Crippen LogP contribution < -0.4 is 0 Å². The fourth-order valence-electron chi connectivity index (χ4n) is 2.91. The molecule has 0 spiro atoms. The minimum atomic E-state index is 0.135. The summed E-state index contributed by atoms with van der Waals surface area (Å²) in [6.07, 6.45) is 0.915. The van der Waals surface area contributed by atoms with Gasteiger partial charge in [-0.3, -0.25) is 0 Å². The Balaban J connectivity index is 1.81. The average Bonchev–Trinajstić information content (AvgIpc) is 2.65. The molecule has 0 radical (unpaired) electrons. The van der Waals surface area contributed by atoms with Crippen molar-refractivity contribution in [2.75, 3.05) is 5.75 Å². The summed E-state index contributed by atoms with van der Waals surface area (Å²) in [5.41, 5.74) is 4.86. The molecule has 0 unspecified atom stereocenters. The van der Waals surface area contributed by atoms with E-state index in [0.717, 1.165) is 12.0 Å². The summed E-state index contributed by atoms with van der Waals surface area (Å²) < 4.78 is 0. The second kappa shape index (κ2) is 8.41. The Morgan fingerprint density at radius 2 is 1.36 bits per heavy atom. The summed E-state index contributed by atoms with van der Waals surface area (Å²) in [4.78, 5) is 0. The van der Waals surface area contributed by atoms with Crippen molar-refractivity contribution in [2.24, 2.45) is 0 Å². The summed E-state index contributed by atoms with van der Waals surface area (Å²) in [5.74, 6) is 1.09. The molecule has 0 saturated heterocycles. The van der Waals surface area contributed by atoms with Gasteiger partial charge in [-0.05, 0) is 52.6 Å². The van der Waals surface area contributed by atoms with Crippen molar-refractivity contribution in [1.29, 1.82) is 5.26 Å². The first kappa shape index (κ1) is 17.1. The molecule has 3 heteroatoms. The van der Waals surface area contributed by atoms with E-state index in [1.807, 2.05) is 18.2 Å². The number of phenolic OH excluding ortho intramolecular Hbond substituents is 1. The summed E-state index contributed by atoms with van der Waals surface area (Å²) >= 11 is 1.26. The standard InChI is InChI=1S/C22H19NOS/c23-16-25-15-22(20-10-12-21(24)13-11-20)19-8-6-18(7-9-19)14-17-4-2-1-3-5-17/h1-13,22,24H,14-15H2/t22-/m0/s1. The van der Waals surface area contributed by atoms with Crippen LogP contribution in [0.4, 0.5) is 0 Å². The van der Waals surface area contributed by atoms with E-state index < -0.39 is 0 Å². The van der Waals surface area contributed by atoms with Gasteiger partial charge in [0.05, 0.1) is 0 Å². The van der Waals surface area contributed by atoms with Gasteiger partial charge >= 0.3 is 0 Å². The van der Waals surface area contributed by atoms with Crippen LogP contribution in [0.5, 0.6) is 5.75 Å². The highest BCUT2D eigenvalue weighted by molar-refractivity contribution is 8.03. The Morgan fingerprint density at radius 3 is 1.96 bits per heavy atom. The van der Waals surface area contributed by atoms with Crippen molar-refractivity contribution in [2.45, 2.75) is 12.3 Å². The number of phenols is 1. The number of nitriles is 1. The minimum Gasteiger partial charge on any atom is -0.508 e. The molecule has 0 aromatic heterocycles. The lowest BCUT2D eigenvalue weighted by Crippen LogP contribution is -2.04. The van der Waals surface area contributed by atoms with Gasteiger partial charge in [0, 0.05) is 11.7 Å². The number of hydrogen-bond acceptors (Lipinski definition) is 3. The molecule has 0 fully saturated rings. The fourth-order valence-corrected chi connectivity index (χ4v) is 3.54. The van der Waals surface area contributed by atoms with E-state index in [2.05, 4.69) is 53.9 Å². The number of thioether (sulfide) groups is 1. The van der Waals surface area contributed by atoms with E-state index in [1.165, 1.54) is 28.5 Å². The van der Waals surface area contributed by atoms with Gasteiger partial charge in [0.2, 0.25) is 0 Å². The van der Waals surface area contributed by atoms with Crippen molar-refractivity contribution in [3.8, 4) is 11.2 Å².